The smallest absolute Gasteiger partial charge is 0.281 e. The van der Waals surface area contributed by atoms with Gasteiger partial charge in [0.05, 0.1) is 0 Å². The molecule has 0 bridgehead atoms. The summed E-state index contributed by atoms with van der Waals surface area (Å²) < 4.78 is 5.34. The molecule has 6 heteroatoms. The second kappa shape index (κ2) is 6.19. The zero-order chi connectivity index (χ0) is 13.7. The highest BCUT2D eigenvalue weighted by Crippen LogP contribution is 2.25. The summed E-state index contributed by atoms with van der Waals surface area (Å²) in [6.07, 6.45) is 3.33. The average molecular weight is 264 g/mol. The molecule has 0 aliphatic heterocycles. The number of amides is 2. The van der Waals surface area contributed by atoms with Crippen molar-refractivity contribution in [1.29, 1.82) is 0 Å². The standard InChI is InChI=1S/C13H16N2O4/c14-12(16)7-19-15-13(17)8-18-11-5-4-9-2-1-3-10(9)6-11/h4-6H,1-3,7-8H2,(H2,14,16)(H,15,17). The molecule has 3 N–H and O–H groups in total. The first-order valence-electron chi connectivity index (χ1n) is 6.08. The van der Waals surface area contributed by atoms with E-state index >= 15 is 0 Å². The fourth-order valence-electron chi connectivity index (χ4n) is 2.00. The minimum Gasteiger partial charge on any atom is -0.484 e. The van der Waals surface area contributed by atoms with Crippen molar-refractivity contribution in [3.63, 3.8) is 0 Å². The van der Waals surface area contributed by atoms with Crippen LogP contribution < -0.4 is 16.0 Å². The van der Waals surface area contributed by atoms with E-state index in [4.69, 9.17) is 10.5 Å². The Hall–Kier alpha value is -2.08. The molecule has 1 aromatic carbocycles. The number of carbonyl (C=O) groups excluding carboxylic acids is 2. The van der Waals surface area contributed by atoms with Crippen molar-refractivity contribution in [3.05, 3.63) is 29.3 Å². The van der Waals surface area contributed by atoms with Gasteiger partial charge in [0, 0.05) is 0 Å². The van der Waals surface area contributed by atoms with E-state index in [0.717, 1.165) is 12.8 Å². The summed E-state index contributed by atoms with van der Waals surface area (Å²) in [5, 5.41) is 0. The van der Waals surface area contributed by atoms with Crippen LogP contribution in [0.4, 0.5) is 0 Å². The zero-order valence-electron chi connectivity index (χ0n) is 10.5. The lowest BCUT2D eigenvalue weighted by molar-refractivity contribution is -0.139. The second-order valence-electron chi connectivity index (χ2n) is 4.35. The lowest BCUT2D eigenvalue weighted by atomic mass is 10.1. The van der Waals surface area contributed by atoms with Crippen LogP contribution in [0, 0.1) is 0 Å². The SMILES string of the molecule is NC(=O)CONC(=O)COc1ccc2c(c1)CCC2. The molecular formula is C13H16N2O4. The van der Waals surface area contributed by atoms with Gasteiger partial charge in [-0.15, -0.1) is 0 Å². The van der Waals surface area contributed by atoms with Crippen molar-refractivity contribution in [2.45, 2.75) is 19.3 Å². The molecule has 0 unspecified atom stereocenters. The van der Waals surface area contributed by atoms with E-state index in [9.17, 15) is 9.59 Å². The van der Waals surface area contributed by atoms with Gasteiger partial charge >= 0.3 is 0 Å². The molecule has 0 atom stereocenters. The van der Waals surface area contributed by atoms with Crippen LogP contribution in [0.15, 0.2) is 18.2 Å². The second-order valence-corrected chi connectivity index (χ2v) is 4.35. The molecule has 1 aliphatic carbocycles. The van der Waals surface area contributed by atoms with E-state index < -0.39 is 11.8 Å². The number of hydrogen-bond donors (Lipinski definition) is 2. The Morgan fingerprint density at radius 1 is 1.21 bits per heavy atom. The van der Waals surface area contributed by atoms with E-state index in [-0.39, 0.29) is 13.2 Å². The summed E-state index contributed by atoms with van der Waals surface area (Å²) in [7, 11) is 0. The normalized spacial score (nSPS) is 12.8. The van der Waals surface area contributed by atoms with E-state index in [1.54, 1.807) is 0 Å². The number of benzene rings is 1. The molecule has 1 aromatic rings. The molecule has 19 heavy (non-hydrogen) atoms. The maximum absolute atomic E-state index is 11.3. The number of primary amides is 1. The molecule has 2 amide bonds. The fraction of sp³-hybridized carbons (Fsp3) is 0.385. The number of ether oxygens (including phenoxy) is 1. The number of rotatable bonds is 6. The molecule has 0 saturated heterocycles. The lowest BCUT2D eigenvalue weighted by Gasteiger charge is -2.08. The molecule has 0 spiro atoms. The van der Waals surface area contributed by atoms with Crippen LogP contribution in [0.25, 0.3) is 0 Å². The number of fused-ring (bicyclic) bond motifs is 1. The van der Waals surface area contributed by atoms with Gasteiger partial charge in [-0.05, 0) is 42.5 Å². The van der Waals surface area contributed by atoms with Crippen molar-refractivity contribution in [3.8, 4) is 5.75 Å². The Balaban J connectivity index is 1.76. The van der Waals surface area contributed by atoms with Crippen molar-refractivity contribution in [2.24, 2.45) is 5.73 Å². The molecule has 0 heterocycles. The summed E-state index contributed by atoms with van der Waals surface area (Å²) in [4.78, 5) is 26.3. The van der Waals surface area contributed by atoms with Crippen LogP contribution in [-0.2, 0) is 27.3 Å². The van der Waals surface area contributed by atoms with Crippen molar-refractivity contribution < 1.29 is 19.2 Å². The first-order valence-corrected chi connectivity index (χ1v) is 6.08. The van der Waals surface area contributed by atoms with Gasteiger partial charge in [0.25, 0.3) is 5.91 Å². The quantitative estimate of drug-likeness (QED) is 0.712. The van der Waals surface area contributed by atoms with Gasteiger partial charge in [-0.2, -0.15) is 0 Å². The topological polar surface area (TPSA) is 90.7 Å². The highest BCUT2D eigenvalue weighted by atomic mass is 16.7. The van der Waals surface area contributed by atoms with Gasteiger partial charge in [-0.25, -0.2) is 5.48 Å². The Morgan fingerprint density at radius 3 is 2.79 bits per heavy atom. The van der Waals surface area contributed by atoms with Crippen molar-refractivity contribution in [2.75, 3.05) is 13.2 Å². The highest BCUT2D eigenvalue weighted by molar-refractivity contribution is 5.77. The number of nitrogens with two attached hydrogens (primary N) is 1. The first-order chi connectivity index (χ1) is 9.15. The molecule has 0 aromatic heterocycles. The van der Waals surface area contributed by atoms with Gasteiger partial charge < -0.3 is 10.5 Å². The van der Waals surface area contributed by atoms with Gasteiger partial charge in [0.1, 0.15) is 5.75 Å². The first kappa shape index (κ1) is 13.4. The van der Waals surface area contributed by atoms with Crippen LogP contribution in [0.1, 0.15) is 17.5 Å². The van der Waals surface area contributed by atoms with Crippen LogP contribution in [0.5, 0.6) is 5.75 Å². The minimum atomic E-state index is -0.653. The van der Waals surface area contributed by atoms with Crippen molar-refractivity contribution in [1.82, 2.24) is 5.48 Å². The monoisotopic (exact) mass is 264 g/mol. The molecule has 6 nitrogen and oxygen atoms in total. The van der Waals surface area contributed by atoms with E-state index in [0.29, 0.717) is 5.75 Å². The van der Waals surface area contributed by atoms with E-state index in [1.807, 2.05) is 18.2 Å². The Morgan fingerprint density at radius 2 is 2.00 bits per heavy atom. The van der Waals surface area contributed by atoms with Crippen LogP contribution >= 0.6 is 0 Å². The number of carbonyl (C=O) groups is 2. The Kier molecular flexibility index (Phi) is 4.35. The van der Waals surface area contributed by atoms with Crippen LogP contribution in [0.2, 0.25) is 0 Å². The van der Waals surface area contributed by atoms with Gasteiger partial charge in [-0.1, -0.05) is 6.07 Å². The third kappa shape index (κ3) is 3.96. The molecule has 0 saturated carbocycles. The summed E-state index contributed by atoms with van der Waals surface area (Å²) >= 11 is 0. The third-order valence-corrected chi connectivity index (χ3v) is 2.84. The molecule has 2 rings (SSSR count). The summed E-state index contributed by atoms with van der Waals surface area (Å²) in [6.45, 7) is -0.526. The van der Waals surface area contributed by atoms with Gasteiger partial charge in [0.2, 0.25) is 5.91 Å². The molecule has 102 valence electrons. The van der Waals surface area contributed by atoms with Crippen LogP contribution in [0.3, 0.4) is 0 Å². The predicted molar refractivity (Wildman–Crippen MR) is 67.3 cm³/mol. The average Bonchev–Trinajstić information content (AvgIpc) is 2.83. The molecule has 0 fully saturated rings. The Bertz CT molecular complexity index is 488. The number of hydroxylamine groups is 1. The number of hydrogen-bond acceptors (Lipinski definition) is 4. The summed E-state index contributed by atoms with van der Waals surface area (Å²) in [5.41, 5.74) is 9.55. The van der Waals surface area contributed by atoms with E-state index in [2.05, 4.69) is 10.3 Å². The fourth-order valence-corrected chi connectivity index (χ4v) is 2.00. The molecule has 1 aliphatic rings. The van der Waals surface area contributed by atoms with Gasteiger partial charge in [-0.3, -0.25) is 14.4 Å². The lowest BCUT2D eigenvalue weighted by Crippen LogP contribution is -2.32. The maximum atomic E-state index is 11.3. The predicted octanol–water partition coefficient (Wildman–Crippen LogP) is 0.0872. The molecule has 0 radical (unpaired) electrons. The number of nitrogens with one attached hydrogen (secondary N) is 1. The van der Waals surface area contributed by atoms with E-state index in [1.165, 1.54) is 17.5 Å². The van der Waals surface area contributed by atoms with Crippen molar-refractivity contribution >= 4 is 11.8 Å². The summed E-state index contributed by atoms with van der Waals surface area (Å²) in [6, 6.07) is 5.83. The summed E-state index contributed by atoms with van der Waals surface area (Å²) in [5.74, 6) is -0.465. The van der Waals surface area contributed by atoms with Crippen LogP contribution in [-0.4, -0.2) is 25.0 Å². The minimum absolute atomic E-state index is 0.169. The Labute approximate surface area is 110 Å². The van der Waals surface area contributed by atoms with Gasteiger partial charge in [0.15, 0.2) is 13.2 Å². The maximum Gasteiger partial charge on any atom is 0.281 e. The largest absolute Gasteiger partial charge is 0.484 e. The molecular weight excluding hydrogens is 248 g/mol. The zero-order valence-corrected chi connectivity index (χ0v) is 10.5. The number of aryl methyl sites for hydroxylation is 2. The third-order valence-electron chi connectivity index (χ3n) is 2.84. The highest BCUT2D eigenvalue weighted by Gasteiger charge is 2.11.